The Bertz CT molecular complexity index is 1360. The van der Waals surface area contributed by atoms with Crippen molar-refractivity contribution in [1.29, 1.82) is 0 Å². The Morgan fingerprint density at radius 3 is 2.91 bits per heavy atom. The minimum atomic E-state index is 0.505. The molecule has 0 aliphatic heterocycles. The number of hydrogen-bond donors (Lipinski definition) is 1. The summed E-state index contributed by atoms with van der Waals surface area (Å²) in [4.78, 5) is 7.98. The van der Waals surface area contributed by atoms with Crippen LogP contribution in [0.5, 0.6) is 11.5 Å². The molecule has 0 fully saturated rings. The third-order valence-electron chi connectivity index (χ3n) is 4.83. The summed E-state index contributed by atoms with van der Waals surface area (Å²) in [5.41, 5.74) is 3.89. The van der Waals surface area contributed by atoms with E-state index >= 15 is 0 Å². The normalized spacial score (nSPS) is 11.2. The van der Waals surface area contributed by atoms with Gasteiger partial charge in [-0.2, -0.15) is 0 Å². The number of thioether (sulfide) groups is 1. The van der Waals surface area contributed by atoms with Crippen LogP contribution in [0.15, 0.2) is 63.7 Å². The summed E-state index contributed by atoms with van der Waals surface area (Å²) in [6.45, 7) is 2.54. The molecule has 5 rings (SSSR count). The summed E-state index contributed by atoms with van der Waals surface area (Å²) in [5.74, 6) is 2.57. The van der Waals surface area contributed by atoms with Gasteiger partial charge in [0.25, 0.3) is 11.1 Å². The molecule has 0 spiro atoms. The third-order valence-corrected chi connectivity index (χ3v) is 6.62. The molecule has 5 aromatic rings. The molecule has 1 N–H and O–H groups in total. The number of methoxy groups -OCH3 is 1. The van der Waals surface area contributed by atoms with Gasteiger partial charge in [-0.15, -0.1) is 21.5 Å². The average Bonchev–Trinajstić information content (AvgIpc) is 3.57. The molecule has 3 aromatic heterocycles. The van der Waals surface area contributed by atoms with Gasteiger partial charge >= 0.3 is 0 Å². The highest BCUT2D eigenvalue weighted by Crippen LogP contribution is 2.35. The summed E-state index contributed by atoms with van der Waals surface area (Å²) >= 11 is 3.06. The van der Waals surface area contributed by atoms with Gasteiger partial charge in [0.2, 0.25) is 0 Å². The highest BCUT2D eigenvalue weighted by Gasteiger charge is 2.15. The molecule has 0 saturated carbocycles. The maximum atomic E-state index is 5.88. The lowest BCUT2D eigenvalue weighted by atomic mass is 10.2. The van der Waals surface area contributed by atoms with Crippen LogP contribution in [0.4, 0.5) is 0 Å². The zero-order valence-electron chi connectivity index (χ0n) is 17.5. The number of thiazole rings is 1. The maximum absolute atomic E-state index is 5.88. The fourth-order valence-electron chi connectivity index (χ4n) is 3.34. The Morgan fingerprint density at radius 2 is 2.03 bits per heavy atom. The van der Waals surface area contributed by atoms with Gasteiger partial charge in [0.05, 0.1) is 25.0 Å². The van der Waals surface area contributed by atoms with Crippen LogP contribution < -0.4 is 9.47 Å². The summed E-state index contributed by atoms with van der Waals surface area (Å²) < 4.78 is 16.9. The van der Waals surface area contributed by atoms with E-state index in [2.05, 4.69) is 15.2 Å². The number of fused-ring (bicyclic) bond motifs is 1. The van der Waals surface area contributed by atoms with Crippen molar-refractivity contribution in [3.63, 3.8) is 0 Å². The van der Waals surface area contributed by atoms with Crippen LogP contribution >= 0.6 is 23.1 Å². The maximum Gasteiger partial charge on any atom is 0.277 e. The fourth-order valence-corrected chi connectivity index (χ4v) is 4.92. The Balaban J connectivity index is 1.28. The quantitative estimate of drug-likeness (QED) is 0.280. The molecule has 162 valence electrons. The van der Waals surface area contributed by atoms with E-state index in [-0.39, 0.29) is 0 Å². The summed E-state index contributed by atoms with van der Waals surface area (Å²) in [7, 11) is 1.64. The number of aromatic amines is 1. The van der Waals surface area contributed by atoms with Gasteiger partial charge in [-0.25, -0.2) is 4.98 Å². The van der Waals surface area contributed by atoms with E-state index < -0.39 is 0 Å². The Kier molecular flexibility index (Phi) is 5.83. The fraction of sp³-hybridized carbons (Fsp3) is 0.174. The Hall–Kier alpha value is -3.30. The summed E-state index contributed by atoms with van der Waals surface area (Å²) in [6, 6.07) is 13.9. The molecule has 0 aliphatic carbocycles. The first-order valence-electron chi connectivity index (χ1n) is 10.0. The second-order valence-corrected chi connectivity index (χ2v) is 8.64. The van der Waals surface area contributed by atoms with E-state index in [1.54, 1.807) is 18.4 Å². The lowest BCUT2D eigenvalue weighted by Gasteiger charge is -2.09. The number of hydrogen-bond acceptors (Lipinski definition) is 8. The van der Waals surface area contributed by atoms with Crippen molar-refractivity contribution in [2.45, 2.75) is 17.9 Å². The highest BCUT2D eigenvalue weighted by atomic mass is 32.2. The van der Waals surface area contributed by atoms with Crippen LogP contribution in [0, 0.1) is 0 Å². The first kappa shape index (κ1) is 20.6. The van der Waals surface area contributed by atoms with Crippen LogP contribution in [0.3, 0.4) is 0 Å². The molecule has 0 saturated heterocycles. The monoisotopic (exact) mass is 464 g/mol. The minimum Gasteiger partial charge on any atom is -0.493 e. The number of nitrogens with one attached hydrogen (secondary N) is 1. The van der Waals surface area contributed by atoms with Gasteiger partial charge in [0.1, 0.15) is 5.01 Å². The van der Waals surface area contributed by atoms with E-state index in [4.69, 9.17) is 18.9 Å². The number of aromatic nitrogens is 4. The number of rotatable bonds is 8. The summed E-state index contributed by atoms with van der Waals surface area (Å²) in [5, 5.41) is 12.9. The van der Waals surface area contributed by atoms with Gasteiger partial charge in [0.15, 0.2) is 11.5 Å². The second-order valence-electron chi connectivity index (χ2n) is 6.85. The van der Waals surface area contributed by atoms with Gasteiger partial charge < -0.3 is 18.9 Å². The number of H-pyrrole nitrogens is 1. The predicted octanol–water partition coefficient (Wildman–Crippen LogP) is 6.04. The molecular weight excluding hydrogens is 444 g/mol. The van der Waals surface area contributed by atoms with Crippen molar-refractivity contribution in [2.75, 3.05) is 13.7 Å². The molecule has 0 aliphatic rings. The molecule has 7 nitrogen and oxygen atoms in total. The van der Waals surface area contributed by atoms with Gasteiger partial charge in [-0.05, 0) is 31.2 Å². The number of benzene rings is 2. The lowest BCUT2D eigenvalue weighted by molar-refractivity contribution is 0.311. The second kappa shape index (κ2) is 9.05. The van der Waals surface area contributed by atoms with E-state index in [1.807, 2.05) is 61.0 Å². The van der Waals surface area contributed by atoms with Crippen molar-refractivity contribution < 1.29 is 13.9 Å². The van der Waals surface area contributed by atoms with Crippen molar-refractivity contribution >= 4 is 34.0 Å². The van der Waals surface area contributed by atoms with Crippen molar-refractivity contribution in [3.8, 4) is 33.5 Å². The van der Waals surface area contributed by atoms with Crippen LogP contribution in [0.2, 0.25) is 0 Å². The zero-order valence-corrected chi connectivity index (χ0v) is 19.1. The van der Waals surface area contributed by atoms with Crippen molar-refractivity contribution in [1.82, 2.24) is 20.2 Å². The molecule has 3 heterocycles. The number of ether oxygens (including phenoxy) is 2. The van der Waals surface area contributed by atoms with Crippen LogP contribution in [0.1, 0.15) is 12.6 Å². The van der Waals surface area contributed by atoms with Crippen molar-refractivity contribution in [3.05, 3.63) is 59.7 Å². The van der Waals surface area contributed by atoms with Crippen LogP contribution in [-0.4, -0.2) is 33.9 Å². The molecule has 2 aromatic carbocycles. The topological polar surface area (TPSA) is 86.1 Å². The first-order chi connectivity index (χ1) is 15.7. The molecule has 0 bridgehead atoms. The molecular formula is C23H20N4O3S2. The smallest absolute Gasteiger partial charge is 0.277 e. The number of nitrogens with zero attached hydrogens (tertiary/aromatic N) is 3. The lowest BCUT2D eigenvalue weighted by Crippen LogP contribution is -1.95. The Labute approximate surface area is 192 Å². The van der Waals surface area contributed by atoms with E-state index in [1.165, 1.54) is 11.8 Å². The van der Waals surface area contributed by atoms with Crippen LogP contribution in [0.25, 0.3) is 32.9 Å². The van der Waals surface area contributed by atoms with Crippen molar-refractivity contribution in [2.24, 2.45) is 0 Å². The largest absolute Gasteiger partial charge is 0.493 e. The first-order valence-corrected chi connectivity index (χ1v) is 11.9. The number of para-hydroxylation sites is 1. The summed E-state index contributed by atoms with van der Waals surface area (Å²) in [6.07, 6.45) is 1.89. The third kappa shape index (κ3) is 4.09. The predicted molar refractivity (Wildman–Crippen MR) is 126 cm³/mol. The highest BCUT2D eigenvalue weighted by molar-refractivity contribution is 7.98. The zero-order chi connectivity index (χ0) is 21.9. The molecule has 0 radical (unpaired) electrons. The van der Waals surface area contributed by atoms with E-state index in [0.717, 1.165) is 38.5 Å². The molecule has 0 atom stereocenters. The molecule has 0 unspecified atom stereocenters. The molecule has 32 heavy (non-hydrogen) atoms. The Morgan fingerprint density at radius 1 is 1.12 bits per heavy atom. The van der Waals surface area contributed by atoms with Gasteiger partial charge in [0, 0.05) is 33.8 Å². The average molecular weight is 465 g/mol. The standard InChI is InChI=1S/C23H20N4O3S2/c1-3-29-19-9-8-14(10-20(19)28-2)22-25-15(12-31-22)13-32-23-27-26-21(30-23)17-11-24-18-7-5-4-6-16(17)18/h4-12,24H,3,13H2,1-2H3. The van der Waals surface area contributed by atoms with Gasteiger partial charge in [-0.1, -0.05) is 30.0 Å². The molecule has 9 heteroatoms. The van der Waals surface area contributed by atoms with E-state index in [9.17, 15) is 0 Å². The van der Waals surface area contributed by atoms with Gasteiger partial charge in [-0.3, -0.25) is 0 Å². The van der Waals surface area contributed by atoms with E-state index in [0.29, 0.717) is 29.2 Å². The minimum absolute atomic E-state index is 0.505. The SMILES string of the molecule is CCOc1ccc(-c2nc(CSc3nnc(-c4c[nH]c5ccccc45)o3)cs2)cc1OC. The molecule has 0 amide bonds. The van der Waals surface area contributed by atoms with Crippen LogP contribution in [-0.2, 0) is 5.75 Å².